The number of halogens is 2. The molecule has 0 aliphatic rings. The fourth-order valence-electron chi connectivity index (χ4n) is 0.753. The number of carbonyl (C=O) groups excluding carboxylic acids is 2. The van der Waals surface area contributed by atoms with Crippen LogP contribution in [0.5, 0.6) is 0 Å². The van der Waals surface area contributed by atoms with Crippen LogP contribution < -0.4 is 0 Å². The summed E-state index contributed by atoms with van der Waals surface area (Å²) in [6.45, 7) is 5.35. The largest absolute Gasteiger partial charge is 0.496 e. The van der Waals surface area contributed by atoms with Crippen LogP contribution in [0.15, 0.2) is 0 Å². The van der Waals surface area contributed by atoms with Gasteiger partial charge in [-0.05, 0) is 27.7 Å². The van der Waals surface area contributed by atoms with E-state index in [1.807, 2.05) is 0 Å². The second-order valence-electron chi connectivity index (χ2n) is 3.95. The van der Waals surface area contributed by atoms with Gasteiger partial charge in [-0.2, -0.15) is 0 Å². The van der Waals surface area contributed by atoms with Crippen molar-refractivity contribution in [2.24, 2.45) is 0 Å². The Balaban J connectivity index is 4.69. The molecule has 0 saturated carbocycles. The molecule has 4 nitrogen and oxygen atoms in total. The lowest BCUT2D eigenvalue weighted by atomic mass is 10.1. The molecule has 0 saturated heterocycles. The smallest absolute Gasteiger partial charge is 0.421 e. The van der Waals surface area contributed by atoms with Gasteiger partial charge >= 0.3 is 12.4 Å². The average molecular weight is 234 g/mol. The Morgan fingerprint density at radius 2 is 1.12 bits per heavy atom. The molecule has 16 heavy (non-hydrogen) atoms. The number of carbonyl (C=O) groups is 2. The number of hydrogen-bond donors (Lipinski definition) is 0. The molecule has 0 aliphatic heterocycles. The maximum atomic E-state index is 12.0. The highest BCUT2D eigenvalue weighted by Crippen LogP contribution is 2.13. The summed E-state index contributed by atoms with van der Waals surface area (Å²) < 4.78 is 32.4. The van der Waals surface area contributed by atoms with Gasteiger partial charge in [0.15, 0.2) is 11.2 Å². The summed E-state index contributed by atoms with van der Waals surface area (Å²) in [6.07, 6.45) is -3.95. The predicted molar refractivity (Wildman–Crippen MR) is 51.1 cm³/mol. The zero-order chi connectivity index (χ0) is 13.0. The van der Waals surface area contributed by atoms with Gasteiger partial charge < -0.3 is 9.47 Å². The molecule has 0 atom stereocenters. The van der Waals surface area contributed by atoms with Crippen LogP contribution in [-0.4, -0.2) is 23.6 Å². The summed E-state index contributed by atoms with van der Waals surface area (Å²) in [5.74, 6) is 4.72. The molecule has 0 spiro atoms. The Hall–Kier alpha value is -1.64. The minimum Gasteiger partial charge on any atom is -0.421 e. The van der Waals surface area contributed by atoms with E-state index in [2.05, 4.69) is 21.3 Å². The van der Waals surface area contributed by atoms with Gasteiger partial charge in [-0.1, -0.05) is 11.8 Å². The zero-order valence-corrected chi connectivity index (χ0v) is 9.39. The molecule has 0 fully saturated rings. The number of ether oxygens (including phenoxy) is 2. The Kier molecular flexibility index (Phi) is 4.42. The highest BCUT2D eigenvalue weighted by atomic mass is 19.2. The van der Waals surface area contributed by atoms with Crippen molar-refractivity contribution in [1.82, 2.24) is 0 Å². The Labute approximate surface area is 91.9 Å². The van der Waals surface area contributed by atoms with Crippen LogP contribution in [0.1, 0.15) is 27.7 Å². The first-order chi connectivity index (χ1) is 7.04. The van der Waals surface area contributed by atoms with Crippen molar-refractivity contribution in [1.29, 1.82) is 0 Å². The van der Waals surface area contributed by atoms with Crippen LogP contribution in [0.3, 0.4) is 0 Å². The Morgan fingerprint density at radius 1 is 0.875 bits per heavy atom. The molecular weight excluding hydrogens is 222 g/mol. The summed E-state index contributed by atoms with van der Waals surface area (Å²) in [5.41, 5.74) is -2.77. The monoisotopic (exact) mass is 234 g/mol. The van der Waals surface area contributed by atoms with Gasteiger partial charge in [0, 0.05) is 0 Å². The van der Waals surface area contributed by atoms with Gasteiger partial charge in [-0.25, -0.2) is 9.59 Å². The van der Waals surface area contributed by atoms with Crippen molar-refractivity contribution < 1.29 is 27.8 Å². The number of rotatable bonds is 2. The highest BCUT2D eigenvalue weighted by molar-refractivity contribution is 5.60. The summed E-state index contributed by atoms with van der Waals surface area (Å²) in [4.78, 5) is 20.1. The SMILES string of the molecule is CC(C)(C#CC(C)(C)OC(=O)F)OC(=O)F. The summed E-state index contributed by atoms with van der Waals surface area (Å²) >= 11 is 0. The first-order valence-corrected chi connectivity index (χ1v) is 4.35. The summed E-state index contributed by atoms with van der Waals surface area (Å²) in [6, 6.07) is 0. The maximum absolute atomic E-state index is 12.0. The molecule has 0 radical (unpaired) electrons. The molecule has 0 bridgehead atoms. The lowest BCUT2D eigenvalue weighted by molar-refractivity contribution is 0.0503. The van der Waals surface area contributed by atoms with Crippen LogP contribution >= 0.6 is 0 Å². The van der Waals surface area contributed by atoms with E-state index in [1.54, 1.807) is 0 Å². The third-order valence-corrected chi connectivity index (χ3v) is 1.34. The van der Waals surface area contributed by atoms with Crippen LogP contribution in [0.25, 0.3) is 0 Å². The lowest BCUT2D eigenvalue weighted by Crippen LogP contribution is -2.28. The minimum atomic E-state index is -1.97. The van der Waals surface area contributed by atoms with E-state index in [-0.39, 0.29) is 0 Å². The molecule has 0 N–H and O–H groups in total. The van der Waals surface area contributed by atoms with E-state index in [1.165, 1.54) is 27.7 Å². The van der Waals surface area contributed by atoms with Gasteiger partial charge in [0.25, 0.3) is 0 Å². The molecule has 6 heteroatoms. The van der Waals surface area contributed by atoms with E-state index in [0.717, 1.165) is 0 Å². The van der Waals surface area contributed by atoms with Crippen molar-refractivity contribution in [3.8, 4) is 11.8 Å². The van der Waals surface area contributed by atoms with Gasteiger partial charge in [-0.15, -0.1) is 8.78 Å². The quantitative estimate of drug-likeness (QED) is 0.544. The Bertz CT molecular complexity index is 318. The number of hydrogen-bond acceptors (Lipinski definition) is 4. The van der Waals surface area contributed by atoms with Gasteiger partial charge in [-0.3, -0.25) is 0 Å². The third-order valence-electron chi connectivity index (χ3n) is 1.34. The van der Waals surface area contributed by atoms with Gasteiger partial charge in [0.2, 0.25) is 0 Å². The van der Waals surface area contributed by atoms with E-state index < -0.39 is 23.6 Å². The molecule has 0 rings (SSSR count). The van der Waals surface area contributed by atoms with Crippen LogP contribution in [-0.2, 0) is 9.47 Å². The summed E-state index contributed by atoms with van der Waals surface area (Å²) in [7, 11) is 0. The maximum Gasteiger partial charge on any atom is 0.496 e. The molecule has 0 aromatic rings. The van der Waals surface area contributed by atoms with Gasteiger partial charge in [0.1, 0.15) is 0 Å². The second kappa shape index (κ2) is 4.92. The molecule has 90 valence electrons. The first kappa shape index (κ1) is 14.4. The van der Waals surface area contributed by atoms with E-state index in [4.69, 9.17) is 0 Å². The molecule has 0 aliphatic carbocycles. The lowest BCUT2D eigenvalue weighted by Gasteiger charge is -2.19. The summed E-state index contributed by atoms with van der Waals surface area (Å²) in [5, 5.41) is 0. The molecule has 0 heterocycles. The van der Waals surface area contributed by atoms with Crippen LogP contribution in [0.2, 0.25) is 0 Å². The second-order valence-corrected chi connectivity index (χ2v) is 3.95. The zero-order valence-electron chi connectivity index (χ0n) is 9.39. The standard InChI is InChI=1S/C10H12F2O4/c1-9(2,15-7(11)13)5-6-10(3,4)16-8(12)14/h1-4H3. The van der Waals surface area contributed by atoms with Crippen molar-refractivity contribution in [3.63, 3.8) is 0 Å². The van der Waals surface area contributed by atoms with Gasteiger partial charge in [0.05, 0.1) is 0 Å². The fraction of sp³-hybridized carbons (Fsp3) is 0.600. The normalized spacial score (nSPS) is 11.1. The molecule has 0 aromatic heterocycles. The van der Waals surface area contributed by atoms with Crippen LogP contribution in [0, 0.1) is 11.8 Å². The minimum absolute atomic E-state index is 1.34. The van der Waals surface area contributed by atoms with Crippen molar-refractivity contribution in [2.75, 3.05) is 0 Å². The topological polar surface area (TPSA) is 52.6 Å². The fourth-order valence-corrected chi connectivity index (χ4v) is 0.753. The van der Waals surface area contributed by atoms with E-state index in [9.17, 15) is 18.4 Å². The molecular formula is C10H12F2O4. The highest BCUT2D eigenvalue weighted by Gasteiger charge is 2.24. The molecule has 0 unspecified atom stereocenters. The first-order valence-electron chi connectivity index (χ1n) is 4.35. The molecule has 0 aromatic carbocycles. The average Bonchev–Trinajstić information content (AvgIpc) is 1.96. The van der Waals surface area contributed by atoms with Crippen molar-refractivity contribution in [2.45, 2.75) is 38.9 Å². The van der Waals surface area contributed by atoms with E-state index in [0.29, 0.717) is 0 Å². The van der Waals surface area contributed by atoms with Crippen LogP contribution in [0.4, 0.5) is 18.4 Å². The van der Waals surface area contributed by atoms with Crippen molar-refractivity contribution >= 4 is 12.4 Å². The Morgan fingerprint density at radius 3 is 1.31 bits per heavy atom. The molecule has 0 amide bonds. The third kappa shape index (κ3) is 6.76. The predicted octanol–water partition coefficient (Wildman–Crippen LogP) is 2.76. The van der Waals surface area contributed by atoms with E-state index >= 15 is 0 Å². The van der Waals surface area contributed by atoms with Crippen molar-refractivity contribution in [3.05, 3.63) is 0 Å².